The minimum Gasteiger partial charge on any atom is -0.369 e. The quantitative estimate of drug-likeness (QED) is 0.912. The van der Waals surface area contributed by atoms with Gasteiger partial charge in [0.05, 0.1) is 6.04 Å². The second-order valence-electron chi connectivity index (χ2n) is 7.95. The Morgan fingerprint density at radius 1 is 1.08 bits per heavy atom. The molecule has 1 heterocycles. The van der Waals surface area contributed by atoms with Crippen molar-refractivity contribution >= 4 is 11.6 Å². The van der Waals surface area contributed by atoms with Gasteiger partial charge in [-0.2, -0.15) is 0 Å². The maximum atomic E-state index is 12.6. The Hall–Kier alpha value is -1.55. The summed E-state index contributed by atoms with van der Waals surface area (Å²) in [7, 11) is 0. The lowest BCUT2D eigenvalue weighted by atomic mass is 9.87. The summed E-state index contributed by atoms with van der Waals surface area (Å²) < 4.78 is 0. The first kappa shape index (κ1) is 18.2. The molecule has 1 amide bonds. The van der Waals surface area contributed by atoms with Crippen LogP contribution in [0.5, 0.6) is 0 Å². The SMILES string of the molecule is Cc1ccccc1N1CCN([C@@H](C)C(=O)NC2CCC(C)CC2)CC1. The monoisotopic (exact) mass is 343 g/mol. The van der Waals surface area contributed by atoms with E-state index in [9.17, 15) is 4.79 Å². The fraction of sp³-hybridized carbons (Fsp3) is 0.667. The standard InChI is InChI=1S/C21H33N3O/c1-16-8-10-19(11-9-16)22-21(25)18(3)23-12-14-24(15-13-23)20-7-5-4-6-17(20)2/h4-7,16,18-19H,8-15H2,1-3H3,(H,22,25)/t16?,18-,19?/m0/s1. The lowest BCUT2D eigenvalue weighted by molar-refractivity contribution is -0.127. The van der Waals surface area contributed by atoms with E-state index in [0.29, 0.717) is 6.04 Å². The molecular formula is C21H33N3O. The second kappa shape index (κ2) is 8.22. The molecule has 2 aliphatic rings. The molecule has 138 valence electrons. The first-order chi connectivity index (χ1) is 12.0. The smallest absolute Gasteiger partial charge is 0.237 e. The van der Waals surface area contributed by atoms with Crippen LogP contribution in [0.2, 0.25) is 0 Å². The molecule has 3 rings (SSSR count). The average Bonchev–Trinajstić information content (AvgIpc) is 2.63. The van der Waals surface area contributed by atoms with Crippen molar-refractivity contribution in [2.45, 2.75) is 58.5 Å². The number of para-hydroxylation sites is 1. The van der Waals surface area contributed by atoms with Gasteiger partial charge in [-0.3, -0.25) is 9.69 Å². The summed E-state index contributed by atoms with van der Waals surface area (Å²) in [5, 5.41) is 3.29. The highest BCUT2D eigenvalue weighted by molar-refractivity contribution is 5.81. The molecule has 0 unspecified atom stereocenters. The number of nitrogens with zero attached hydrogens (tertiary/aromatic N) is 2. The minimum absolute atomic E-state index is 0.0293. The fourth-order valence-corrected chi connectivity index (χ4v) is 4.16. The largest absolute Gasteiger partial charge is 0.369 e. The van der Waals surface area contributed by atoms with E-state index in [1.807, 2.05) is 0 Å². The van der Waals surface area contributed by atoms with Crippen molar-refractivity contribution in [3.63, 3.8) is 0 Å². The molecule has 0 spiro atoms. The average molecular weight is 344 g/mol. The number of anilines is 1. The molecule has 1 aliphatic heterocycles. The van der Waals surface area contributed by atoms with Crippen molar-refractivity contribution in [2.75, 3.05) is 31.1 Å². The van der Waals surface area contributed by atoms with Gasteiger partial charge in [-0.15, -0.1) is 0 Å². The zero-order valence-corrected chi connectivity index (χ0v) is 16.0. The van der Waals surface area contributed by atoms with Crippen LogP contribution in [-0.4, -0.2) is 49.1 Å². The number of hydrogen-bond acceptors (Lipinski definition) is 3. The van der Waals surface area contributed by atoms with Crippen LogP contribution in [0.3, 0.4) is 0 Å². The van der Waals surface area contributed by atoms with E-state index < -0.39 is 0 Å². The van der Waals surface area contributed by atoms with Crippen LogP contribution in [0.25, 0.3) is 0 Å². The first-order valence-corrected chi connectivity index (χ1v) is 9.89. The van der Waals surface area contributed by atoms with Gasteiger partial charge in [-0.05, 0) is 57.1 Å². The second-order valence-corrected chi connectivity index (χ2v) is 7.95. The zero-order chi connectivity index (χ0) is 17.8. The summed E-state index contributed by atoms with van der Waals surface area (Å²) in [5.74, 6) is 1.03. The van der Waals surface area contributed by atoms with Crippen LogP contribution in [0.1, 0.15) is 45.1 Å². The van der Waals surface area contributed by atoms with Gasteiger partial charge in [-0.1, -0.05) is 25.1 Å². The summed E-state index contributed by atoms with van der Waals surface area (Å²) in [5.41, 5.74) is 2.66. The number of amides is 1. The van der Waals surface area contributed by atoms with E-state index in [-0.39, 0.29) is 11.9 Å². The van der Waals surface area contributed by atoms with Crippen molar-refractivity contribution in [3.8, 4) is 0 Å². The minimum atomic E-state index is -0.0293. The molecule has 1 saturated heterocycles. The van der Waals surface area contributed by atoms with Gasteiger partial charge in [0.2, 0.25) is 5.91 Å². The molecule has 1 atom stereocenters. The molecule has 1 aromatic rings. The molecule has 25 heavy (non-hydrogen) atoms. The lowest BCUT2D eigenvalue weighted by Gasteiger charge is -2.39. The zero-order valence-electron chi connectivity index (χ0n) is 16.0. The van der Waals surface area contributed by atoms with E-state index in [1.54, 1.807) is 0 Å². The predicted octanol–water partition coefficient (Wildman–Crippen LogP) is 3.20. The molecule has 1 saturated carbocycles. The topological polar surface area (TPSA) is 35.6 Å². The van der Waals surface area contributed by atoms with Crippen molar-refractivity contribution in [1.29, 1.82) is 0 Å². The third kappa shape index (κ3) is 4.55. The molecule has 1 N–H and O–H groups in total. The van der Waals surface area contributed by atoms with Gasteiger partial charge in [0.1, 0.15) is 0 Å². The number of aryl methyl sites for hydroxylation is 1. The van der Waals surface area contributed by atoms with Crippen molar-refractivity contribution in [3.05, 3.63) is 29.8 Å². The maximum absolute atomic E-state index is 12.6. The summed E-state index contributed by atoms with van der Waals surface area (Å²) in [6.07, 6.45) is 4.77. The Balaban J connectivity index is 1.48. The van der Waals surface area contributed by atoms with Gasteiger partial charge in [-0.25, -0.2) is 0 Å². The molecule has 2 fully saturated rings. The molecule has 0 radical (unpaired) electrons. The van der Waals surface area contributed by atoms with Gasteiger partial charge < -0.3 is 10.2 Å². The number of hydrogen-bond donors (Lipinski definition) is 1. The first-order valence-electron chi connectivity index (χ1n) is 9.89. The fourth-order valence-electron chi connectivity index (χ4n) is 4.16. The van der Waals surface area contributed by atoms with Crippen molar-refractivity contribution < 1.29 is 4.79 Å². The van der Waals surface area contributed by atoms with Crippen LogP contribution in [0, 0.1) is 12.8 Å². The highest BCUT2D eigenvalue weighted by Gasteiger charge is 2.28. The molecule has 4 heteroatoms. The summed E-state index contributed by atoms with van der Waals surface area (Å²) in [6, 6.07) is 8.93. The molecule has 1 aliphatic carbocycles. The number of nitrogens with one attached hydrogen (secondary N) is 1. The van der Waals surface area contributed by atoms with Crippen LogP contribution < -0.4 is 10.2 Å². The number of carbonyl (C=O) groups excluding carboxylic acids is 1. The highest BCUT2D eigenvalue weighted by atomic mass is 16.2. The Kier molecular flexibility index (Phi) is 6.00. The third-order valence-corrected chi connectivity index (χ3v) is 6.06. The highest BCUT2D eigenvalue weighted by Crippen LogP contribution is 2.24. The van der Waals surface area contributed by atoms with E-state index in [1.165, 1.54) is 24.1 Å². The maximum Gasteiger partial charge on any atom is 0.237 e. The van der Waals surface area contributed by atoms with Crippen LogP contribution >= 0.6 is 0 Å². The summed E-state index contributed by atoms with van der Waals surface area (Å²) in [6.45, 7) is 10.4. The predicted molar refractivity (Wildman–Crippen MR) is 104 cm³/mol. The summed E-state index contributed by atoms with van der Waals surface area (Å²) in [4.78, 5) is 17.4. The molecule has 0 aromatic heterocycles. The van der Waals surface area contributed by atoms with E-state index >= 15 is 0 Å². The normalized spacial score (nSPS) is 26.3. The van der Waals surface area contributed by atoms with Crippen LogP contribution in [-0.2, 0) is 4.79 Å². The van der Waals surface area contributed by atoms with Gasteiger partial charge in [0, 0.05) is 37.9 Å². The molecular weight excluding hydrogens is 310 g/mol. The summed E-state index contributed by atoms with van der Waals surface area (Å²) >= 11 is 0. The van der Waals surface area contributed by atoms with Gasteiger partial charge in [0.15, 0.2) is 0 Å². The van der Waals surface area contributed by atoms with Crippen molar-refractivity contribution in [2.24, 2.45) is 5.92 Å². The van der Waals surface area contributed by atoms with E-state index in [0.717, 1.165) is 44.9 Å². The Labute approximate surface area is 152 Å². The number of rotatable bonds is 4. The van der Waals surface area contributed by atoms with Gasteiger partial charge >= 0.3 is 0 Å². The van der Waals surface area contributed by atoms with E-state index in [4.69, 9.17) is 0 Å². The van der Waals surface area contributed by atoms with E-state index in [2.05, 4.69) is 60.2 Å². The molecule has 1 aromatic carbocycles. The van der Waals surface area contributed by atoms with Crippen LogP contribution in [0.15, 0.2) is 24.3 Å². The third-order valence-electron chi connectivity index (χ3n) is 6.06. The number of benzene rings is 1. The van der Waals surface area contributed by atoms with Crippen LogP contribution in [0.4, 0.5) is 5.69 Å². The molecule has 0 bridgehead atoms. The van der Waals surface area contributed by atoms with Gasteiger partial charge in [0.25, 0.3) is 0 Å². The molecule has 4 nitrogen and oxygen atoms in total. The van der Waals surface area contributed by atoms with Crippen molar-refractivity contribution in [1.82, 2.24) is 10.2 Å². The Bertz CT molecular complexity index is 572. The number of piperazine rings is 1. The number of carbonyl (C=O) groups is 1. The Morgan fingerprint density at radius 3 is 2.36 bits per heavy atom. The Morgan fingerprint density at radius 2 is 1.72 bits per heavy atom. The lowest BCUT2D eigenvalue weighted by Crippen LogP contribution is -2.55.